The van der Waals surface area contributed by atoms with Crippen LogP contribution in [0.3, 0.4) is 0 Å². The Hall–Kier alpha value is -1.84. The summed E-state index contributed by atoms with van der Waals surface area (Å²) in [5.74, 6) is -2.49. The Morgan fingerprint density at radius 3 is 2.12 bits per heavy atom. The van der Waals surface area contributed by atoms with Gasteiger partial charge in [0.25, 0.3) is 5.91 Å². The first-order valence-electron chi connectivity index (χ1n) is 7.79. The summed E-state index contributed by atoms with van der Waals surface area (Å²) >= 11 is 3.30. The Balaban J connectivity index is 1.70. The molecule has 1 heterocycles. The van der Waals surface area contributed by atoms with Gasteiger partial charge >= 0.3 is 0 Å². The topological polar surface area (TPSA) is 57.7 Å². The van der Waals surface area contributed by atoms with E-state index in [1.165, 1.54) is 4.31 Å². The van der Waals surface area contributed by atoms with Gasteiger partial charge in [0.05, 0.1) is 4.90 Å². The van der Waals surface area contributed by atoms with E-state index in [4.69, 9.17) is 0 Å². The maximum atomic E-state index is 13.3. The molecule has 0 atom stereocenters. The zero-order valence-corrected chi connectivity index (χ0v) is 15.9. The average molecular weight is 445 g/mol. The van der Waals surface area contributed by atoms with Crippen molar-refractivity contribution >= 4 is 31.9 Å². The van der Waals surface area contributed by atoms with Crippen LogP contribution in [0.5, 0.6) is 0 Å². The van der Waals surface area contributed by atoms with Crippen LogP contribution in [0.4, 0.5) is 8.78 Å². The fourth-order valence-corrected chi connectivity index (χ4v) is 4.39. The van der Waals surface area contributed by atoms with E-state index in [0.29, 0.717) is 11.6 Å². The van der Waals surface area contributed by atoms with Crippen molar-refractivity contribution in [2.24, 2.45) is 0 Å². The third kappa shape index (κ3) is 3.79. The van der Waals surface area contributed by atoms with E-state index in [1.807, 2.05) is 0 Å². The van der Waals surface area contributed by atoms with Crippen LogP contribution >= 0.6 is 15.9 Å². The van der Waals surface area contributed by atoms with Gasteiger partial charge < -0.3 is 4.90 Å². The maximum Gasteiger partial charge on any atom is 0.253 e. The molecule has 0 N–H and O–H groups in total. The van der Waals surface area contributed by atoms with Gasteiger partial charge in [0.15, 0.2) is 11.6 Å². The molecule has 0 saturated carbocycles. The van der Waals surface area contributed by atoms with Gasteiger partial charge in [-0.1, -0.05) is 15.9 Å². The number of carbonyl (C=O) groups is 1. The van der Waals surface area contributed by atoms with E-state index in [-0.39, 0.29) is 37.0 Å². The Morgan fingerprint density at radius 1 is 0.923 bits per heavy atom. The number of piperazine rings is 1. The Kier molecular flexibility index (Phi) is 5.40. The second-order valence-corrected chi connectivity index (χ2v) is 8.63. The number of hydrogen-bond acceptors (Lipinski definition) is 3. The van der Waals surface area contributed by atoms with Gasteiger partial charge in [-0.25, -0.2) is 17.2 Å². The highest BCUT2D eigenvalue weighted by Gasteiger charge is 2.31. The lowest BCUT2D eigenvalue weighted by molar-refractivity contribution is 0.0698. The molecule has 0 spiro atoms. The number of hydrogen-bond donors (Lipinski definition) is 0. The van der Waals surface area contributed by atoms with Crippen LogP contribution in [0.15, 0.2) is 51.8 Å². The number of halogens is 3. The first-order chi connectivity index (χ1) is 12.3. The van der Waals surface area contributed by atoms with Gasteiger partial charge in [-0.15, -0.1) is 0 Å². The van der Waals surface area contributed by atoms with Crippen LogP contribution in [0.25, 0.3) is 0 Å². The molecule has 0 aromatic heterocycles. The number of rotatable bonds is 3. The number of carbonyl (C=O) groups excluding carboxylic acids is 1. The number of sulfonamides is 1. The lowest BCUT2D eigenvalue weighted by atomic mass is 10.2. The monoisotopic (exact) mass is 444 g/mol. The van der Waals surface area contributed by atoms with E-state index in [0.717, 1.165) is 16.6 Å². The van der Waals surface area contributed by atoms with Crippen molar-refractivity contribution in [3.63, 3.8) is 0 Å². The summed E-state index contributed by atoms with van der Waals surface area (Å²) in [5, 5.41) is 0. The molecule has 0 radical (unpaired) electrons. The van der Waals surface area contributed by atoms with Crippen molar-refractivity contribution in [2.75, 3.05) is 26.2 Å². The summed E-state index contributed by atoms with van der Waals surface area (Å²) in [6.45, 7) is 0.614. The standard InChI is InChI=1S/C17H15BrF2N2O3S/c18-13-3-1-12(2-4-13)17(23)21-7-9-22(10-8-21)26(24,25)14-5-6-15(19)16(20)11-14/h1-6,11H,7-10H2. The second kappa shape index (κ2) is 7.42. The average Bonchev–Trinajstić information content (AvgIpc) is 2.64. The summed E-state index contributed by atoms with van der Waals surface area (Å²) in [6.07, 6.45) is 0. The molecular formula is C17H15BrF2N2O3S. The maximum absolute atomic E-state index is 13.3. The third-order valence-corrected chi connectivity index (χ3v) is 6.57. The summed E-state index contributed by atoms with van der Waals surface area (Å²) in [5.41, 5.74) is 0.519. The highest BCUT2D eigenvalue weighted by molar-refractivity contribution is 9.10. The van der Waals surface area contributed by atoms with Crippen LogP contribution < -0.4 is 0 Å². The minimum atomic E-state index is -3.94. The van der Waals surface area contributed by atoms with Gasteiger partial charge in [0, 0.05) is 36.2 Å². The predicted molar refractivity (Wildman–Crippen MR) is 95.2 cm³/mol. The lowest BCUT2D eigenvalue weighted by Crippen LogP contribution is -2.50. The number of amides is 1. The summed E-state index contributed by atoms with van der Waals surface area (Å²) < 4.78 is 53.5. The molecule has 0 bridgehead atoms. The van der Waals surface area contributed by atoms with Crippen LogP contribution in [0, 0.1) is 11.6 Å². The van der Waals surface area contributed by atoms with Crippen LogP contribution in [-0.4, -0.2) is 49.7 Å². The molecule has 26 heavy (non-hydrogen) atoms. The number of benzene rings is 2. The second-order valence-electron chi connectivity index (χ2n) is 5.78. The summed E-state index contributed by atoms with van der Waals surface area (Å²) in [6, 6.07) is 9.40. The van der Waals surface area contributed by atoms with Gasteiger partial charge in [0.1, 0.15) is 0 Å². The summed E-state index contributed by atoms with van der Waals surface area (Å²) in [4.78, 5) is 13.7. The van der Waals surface area contributed by atoms with Crippen LogP contribution in [0.1, 0.15) is 10.4 Å². The van der Waals surface area contributed by atoms with Crippen molar-refractivity contribution < 1.29 is 22.0 Å². The minimum Gasteiger partial charge on any atom is -0.336 e. The fourth-order valence-electron chi connectivity index (χ4n) is 2.69. The van der Waals surface area contributed by atoms with E-state index in [2.05, 4.69) is 15.9 Å². The molecule has 2 aromatic carbocycles. The molecule has 2 aromatic rings. The fraction of sp³-hybridized carbons (Fsp3) is 0.235. The SMILES string of the molecule is O=C(c1ccc(Br)cc1)N1CCN(S(=O)(=O)c2ccc(F)c(F)c2)CC1. The molecule has 0 aliphatic carbocycles. The van der Waals surface area contributed by atoms with E-state index < -0.39 is 21.7 Å². The van der Waals surface area contributed by atoms with Gasteiger partial charge in [-0.2, -0.15) is 4.31 Å². The molecule has 9 heteroatoms. The molecule has 138 valence electrons. The van der Waals surface area contributed by atoms with Crippen molar-refractivity contribution in [1.82, 2.24) is 9.21 Å². The Labute approximate surface area is 158 Å². The van der Waals surface area contributed by atoms with Crippen molar-refractivity contribution in [3.05, 3.63) is 64.1 Å². The largest absolute Gasteiger partial charge is 0.336 e. The molecule has 1 amide bonds. The zero-order valence-electron chi connectivity index (χ0n) is 13.5. The smallest absolute Gasteiger partial charge is 0.253 e. The molecule has 1 aliphatic rings. The van der Waals surface area contributed by atoms with E-state index in [9.17, 15) is 22.0 Å². The first kappa shape index (κ1) is 18.9. The molecule has 0 unspecified atom stereocenters. The summed E-state index contributed by atoms with van der Waals surface area (Å²) in [7, 11) is -3.94. The Morgan fingerprint density at radius 2 is 1.54 bits per heavy atom. The molecule has 1 aliphatic heterocycles. The van der Waals surface area contributed by atoms with Crippen LogP contribution in [0.2, 0.25) is 0 Å². The highest BCUT2D eigenvalue weighted by Crippen LogP contribution is 2.21. The lowest BCUT2D eigenvalue weighted by Gasteiger charge is -2.34. The number of nitrogens with zero attached hydrogens (tertiary/aromatic N) is 2. The van der Waals surface area contributed by atoms with Crippen molar-refractivity contribution in [1.29, 1.82) is 0 Å². The van der Waals surface area contributed by atoms with Crippen LogP contribution in [-0.2, 0) is 10.0 Å². The molecular weight excluding hydrogens is 430 g/mol. The normalized spacial score (nSPS) is 15.9. The predicted octanol–water partition coefficient (Wildman–Crippen LogP) is 2.87. The van der Waals surface area contributed by atoms with Gasteiger partial charge in [-0.3, -0.25) is 4.79 Å². The zero-order chi connectivity index (χ0) is 18.9. The first-order valence-corrected chi connectivity index (χ1v) is 10.0. The van der Waals surface area contributed by atoms with Crippen molar-refractivity contribution in [3.8, 4) is 0 Å². The molecule has 1 fully saturated rings. The Bertz CT molecular complexity index is 928. The molecule has 5 nitrogen and oxygen atoms in total. The highest BCUT2D eigenvalue weighted by atomic mass is 79.9. The van der Waals surface area contributed by atoms with Gasteiger partial charge in [0.2, 0.25) is 10.0 Å². The molecule has 3 rings (SSSR count). The van der Waals surface area contributed by atoms with E-state index in [1.54, 1.807) is 29.2 Å². The molecule has 1 saturated heterocycles. The van der Waals surface area contributed by atoms with Crippen molar-refractivity contribution in [2.45, 2.75) is 4.90 Å². The third-order valence-electron chi connectivity index (χ3n) is 4.15. The van der Waals surface area contributed by atoms with Gasteiger partial charge in [-0.05, 0) is 42.5 Å². The minimum absolute atomic E-state index is 0.0869. The quantitative estimate of drug-likeness (QED) is 0.731. The van der Waals surface area contributed by atoms with E-state index >= 15 is 0 Å².